The highest BCUT2D eigenvalue weighted by Crippen LogP contribution is 2.29. The number of thioether (sulfide) groups is 1. The highest BCUT2D eigenvalue weighted by Gasteiger charge is 2.22. The van der Waals surface area contributed by atoms with Gasteiger partial charge in [0.25, 0.3) is 0 Å². The molecular formula is C24H22N4O4S. The Morgan fingerprint density at radius 1 is 1.09 bits per heavy atom. The van der Waals surface area contributed by atoms with Crippen LogP contribution in [0.15, 0.2) is 76.5 Å². The molecule has 2 heterocycles. The predicted octanol–water partition coefficient (Wildman–Crippen LogP) is 4.61. The lowest BCUT2D eigenvalue weighted by molar-refractivity contribution is -0.115. The molecule has 33 heavy (non-hydrogen) atoms. The topological polar surface area (TPSA) is 110 Å². The molecule has 0 spiro atoms. The molecule has 0 aliphatic heterocycles. The zero-order valence-electron chi connectivity index (χ0n) is 18.1. The van der Waals surface area contributed by atoms with E-state index in [1.165, 1.54) is 18.7 Å². The van der Waals surface area contributed by atoms with Gasteiger partial charge in [-0.15, -0.1) is 10.2 Å². The van der Waals surface area contributed by atoms with Crippen molar-refractivity contribution in [3.63, 3.8) is 0 Å². The number of ketones is 1. The number of carbonyl (C=O) groups excluding carboxylic acids is 2. The Hall–Kier alpha value is -3.85. The number of nitrogens with one attached hydrogen (secondary N) is 1. The quantitative estimate of drug-likeness (QED) is 0.290. The predicted molar refractivity (Wildman–Crippen MR) is 125 cm³/mol. The number of benzene rings is 2. The normalized spacial score (nSPS) is 11.8. The zero-order chi connectivity index (χ0) is 23.4. The van der Waals surface area contributed by atoms with Gasteiger partial charge in [-0.25, -0.2) is 0 Å². The number of anilines is 1. The van der Waals surface area contributed by atoms with Crippen molar-refractivity contribution < 1.29 is 19.1 Å². The van der Waals surface area contributed by atoms with E-state index < -0.39 is 5.25 Å². The highest BCUT2D eigenvalue weighted by molar-refractivity contribution is 8.00. The van der Waals surface area contributed by atoms with Crippen LogP contribution in [0.5, 0.6) is 5.75 Å². The van der Waals surface area contributed by atoms with Crippen molar-refractivity contribution in [3.05, 3.63) is 78.3 Å². The molecule has 0 saturated heterocycles. The number of phenols is 1. The van der Waals surface area contributed by atoms with E-state index in [1.807, 2.05) is 10.6 Å². The first kappa shape index (κ1) is 22.3. The lowest BCUT2D eigenvalue weighted by Crippen LogP contribution is -2.23. The molecule has 0 radical (unpaired) electrons. The summed E-state index contributed by atoms with van der Waals surface area (Å²) in [6.45, 7) is 3.67. The molecule has 0 fully saturated rings. The van der Waals surface area contributed by atoms with Gasteiger partial charge in [-0.1, -0.05) is 11.8 Å². The van der Waals surface area contributed by atoms with Crippen LogP contribution in [-0.4, -0.2) is 36.8 Å². The first-order valence-electron chi connectivity index (χ1n) is 10.2. The molecule has 4 rings (SSSR count). The van der Waals surface area contributed by atoms with Crippen molar-refractivity contribution in [2.75, 3.05) is 5.32 Å². The Labute approximate surface area is 194 Å². The molecule has 0 saturated carbocycles. The van der Waals surface area contributed by atoms with Gasteiger partial charge in [0.05, 0.1) is 18.1 Å². The summed E-state index contributed by atoms with van der Waals surface area (Å²) in [4.78, 5) is 24.2. The van der Waals surface area contributed by atoms with Crippen molar-refractivity contribution in [2.24, 2.45) is 0 Å². The Morgan fingerprint density at radius 2 is 1.82 bits per heavy atom. The Morgan fingerprint density at radius 3 is 2.45 bits per heavy atom. The maximum atomic E-state index is 12.8. The number of Topliss-reactive ketones (excluding diaryl/α,β-unsaturated/α-hetero) is 1. The smallest absolute Gasteiger partial charge is 0.237 e. The van der Waals surface area contributed by atoms with Gasteiger partial charge in [0.2, 0.25) is 5.91 Å². The number of phenolic OH excluding ortho intramolecular Hbond substituents is 1. The molecule has 1 amide bonds. The van der Waals surface area contributed by atoms with Crippen molar-refractivity contribution >= 4 is 29.1 Å². The highest BCUT2D eigenvalue weighted by atomic mass is 32.2. The van der Waals surface area contributed by atoms with E-state index in [-0.39, 0.29) is 17.4 Å². The van der Waals surface area contributed by atoms with E-state index in [9.17, 15) is 14.7 Å². The molecule has 8 nitrogen and oxygen atoms in total. The second-order valence-electron chi connectivity index (χ2n) is 7.40. The summed E-state index contributed by atoms with van der Waals surface area (Å²) in [7, 11) is 0. The molecule has 0 aliphatic rings. The zero-order valence-corrected chi connectivity index (χ0v) is 18.9. The van der Waals surface area contributed by atoms with Crippen LogP contribution in [0.2, 0.25) is 0 Å². The maximum absolute atomic E-state index is 12.8. The molecule has 1 atom stereocenters. The van der Waals surface area contributed by atoms with Gasteiger partial charge in [-0.2, -0.15) is 0 Å². The van der Waals surface area contributed by atoms with E-state index in [4.69, 9.17) is 4.42 Å². The summed E-state index contributed by atoms with van der Waals surface area (Å²) in [5, 5.41) is 21.2. The van der Waals surface area contributed by atoms with Gasteiger partial charge in [0.15, 0.2) is 16.8 Å². The number of hydrogen-bond donors (Lipinski definition) is 2. The summed E-state index contributed by atoms with van der Waals surface area (Å²) < 4.78 is 7.38. The molecule has 0 aliphatic carbocycles. The average molecular weight is 463 g/mol. The molecule has 4 aromatic rings. The SMILES string of the molecule is CC(=O)c1ccc(NC(=O)[C@@H](C)Sc2nnc(-c3ccc(O)cc3)n2Cc2ccco2)cc1. The molecule has 0 unspecified atom stereocenters. The van der Waals surface area contributed by atoms with Crippen LogP contribution in [0.4, 0.5) is 5.69 Å². The number of rotatable bonds is 8. The van der Waals surface area contributed by atoms with Crippen LogP contribution in [0, 0.1) is 0 Å². The van der Waals surface area contributed by atoms with Crippen LogP contribution in [0.25, 0.3) is 11.4 Å². The second kappa shape index (κ2) is 9.74. The van der Waals surface area contributed by atoms with E-state index in [1.54, 1.807) is 67.8 Å². The number of aromatic hydroxyl groups is 1. The largest absolute Gasteiger partial charge is 0.508 e. The number of hydrogen-bond acceptors (Lipinski definition) is 7. The third kappa shape index (κ3) is 5.32. The van der Waals surface area contributed by atoms with E-state index in [0.29, 0.717) is 28.8 Å². The van der Waals surface area contributed by atoms with E-state index >= 15 is 0 Å². The van der Waals surface area contributed by atoms with Gasteiger partial charge in [0.1, 0.15) is 11.5 Å². The van der Waals surface area contributed by atoms with Gasteiger partial charge in [-0.05, 0) is 74.5 Å². The van der Waals surface area contributed by atoms with Crippen LogP contribution in [0.1, 0.15) is 30.0 Å². The fourth-order valence-corrected chi connectivity index (χ4v) is 3.99. The molecule has 2 N–H and O–H groups in total. The summed E-state index contributed by atoms with van der Waals surface area (Å²) in [6, 6.07) is 17.1. The van der Waals surface area contributed by atoms with E-state index in [0.717, 1.165) is 11.3 Å². The van der Waals surface area contributed by atoms with Crippen LogP contribution in [-0.2, 0) is 11.3 Å². The molecule has 2 aromatic heterocycles. The van der Waals surface area contributed by atoms with Crippen molar-refractivity contribution in [2.45, 2.75) is 30.8 Å². The second-order valence-corrected chi connectivity index (χ2v) is 8.71. The molecule has 9 heteroatoms. The monoisotopic (exact) mass is 462 g/mol. The fourth-order valence-electron chi connectivity index (χ4n) is 3.14. The molecule has 0 bridgehead atoms. The summed E-state index contributed by atoms with van der Waals surface area (Å²) in [6.07, 6.45) is 1.60. The fraction of sp³-hybridized carbons (Fsp3) is 0.167. The number of nitrogens with zero attached hydrogens (tertiary/aromatic N) is 3. The number of amides is 1. The lowest BCUT2D eigenvalue weighted by atomic mass is 10.1. The van der Waals surface area contributed by atoms with Gasteiger partial charge in [-0.3, -0.25) is 14.2 Å². The first-order valence-corrected chi connectivity index (χ1v) is 11.1. The minimum Gasteiger partial charge on any atom is -0.508 e. The van der Waals surface area contributed by atoms with Crippen LogP contribution < -0.4 is 5.32 Å². The number of carbonyl (C=O) groups is 2. The van der Waals surface area contributed by atoms with Crippen molar-refractivity contribution in [3.8, 4) is 17.1 Å². The lowest BCUT2D eigenvalue weighted by Gasteiger charge is -2.13. The molecule has 2 aromatic carbocycles. The standard InChI is InChI=1S/C24H22N4O4S/c1-15(29)17-5-9-19(10-6-17)25-23(31)16(2)33-24-27-26-22(18-7-11-20(30)12-8-18)28(24)14-21-4-3-13-32-21/h3-13,16,30H,14H2,1-2H3,(H,25,31)/t16-/m1/s1. The average Bonchev–Trinajstić information content (AvgIpc) is 3.45. The van der Waals surface area contributed by atoms with Gasteiger partial charge >= 0.3 is 0 Å². The van der Waals surface area contributed by atoms with Crippen LogP contribution in [0.3, 0.4) is 0 Å². The maximum Gasteiger partial charge on any atom is 0.237 e. The van der Waals surface area contributed by atoms with E-state index in [2.05, 4.69) is 15.5 Å². The minimum absolute atomic E-state index is 0.0304. The number of aromatic nitrogens is 3. The molecule has 168 valence electrons. The Kier molecular flexibility index (Phi) is 6.60. The van der Waals surface area contributed by atoms with Crippen molar-refractivity contribution in [1.29, 1.82) is 0 Å². The van der Waals surface area contributed by atoms with Crippen molar-refractivity contribution in [1.82, 2.24) is 14.8 Å². The Bertz CT molecular complexity index is 1250. The summed E-state index contributed by atoms with van der Waals surface area (Å²) >= 11 is 1.28. The summed E-state index contributed by atoms with van der Waals surface area (Å²) in [5.41, 5.74) is 1.98. The number of furan rings is 1. The minimum atomic E-state index is -0.468. The Balaban J connectivity index is 1.54. The molecular weight excluding hydrogens is 440 g/mol. The third-order valence-electron chi connectivity index (χ3n) is 4.95. The summed E-state index contributed by atoms with van der Waals surface area (Å²) in [5.74, 6) is 1.25. The third-order valence-corrected chi connectivity index (χ3v) is 6.03. The van der Waals surface area contributed by atoms with Crippen LogP contribution >= 0.6 is 11.8 Å². The first-order chi connectivity index (χ1) is 15.9. The van der Waals surface area contributed by atoms with Gasteiger partial charge < -0.3 is 14.8 Å². The van der Waals surface area contributed by atoms with Gasteiger partial charge in [0, 0.05) is 16.8 Å².